The summed E-state index contributed by atoms with van der Waals surface area (Å²) in [4.78, 5) is 0. The SMILES string of the molecule is Cl.NCC1CCC1.O. The first-order valence-electron chi connectivity index (χ1n) is 2.63. The van der Waals surface area contributed by atoms with Crippen molar-refractivity contribution < 1.29 is 5.48 Å². The Kier molecular flexibility index (Phi) is 7.40. The van der Waals surface area contributed by atoms with Crippen LogP contribution in [0.5, 0.6) is 0 Å². The van der Waals surface area contributed by atoms with Crippen LogP contribution in [0, 0.1) is 5.92 Å². The summed E-state index contributed by atoms with van der Waals surface area (Å²) in [6, 6.07) is 0. The molecule has 0 radical (unpaired) electrons. The van der Waals surface area contributed by atoms with Crippen LogP contribution in [0.4, 0.5) is 0 Å². The fraction of sp³-hybridized carbons (Fsp3) is 1.00. The van der Waals surface area contributed by atoms with Crippen molar-refractivity contribution in [2.45, 2.75) is 19.3 Å². The molecule has 1 aliphatic carbocycles. The van der Waals surface area contributed by atoms with Gasteiger partial charge in [0.1, 0.15) is 0 Å². The zero-order valence-corrected chi connectivity index (χ0v) is 5.71. The molecule has 1 aliphatic rings. The van der Waals surface area contributed by atoms with Gasteiger partial charge in [0.2, 0.25) is 0 Å². The van der Waals surface area contributed by atoms with Crippen molar-refractivity contribution in [3.8, 4) is 0 Å². The van der Waals surface area contributed by atoms with Crippen LogP contribution in [0.3, 0.4) is 0 Å². The van der Waals surface area contributed by atoms with Gasteiger partial charge < -0.3 is 11.2 Å². The van der Waals surface area contributed by atoms with Gasteiger partial charge in [0.25, 0.3) is 0 Å². The molecule has 0 bridgehead atoms. The topological polar surface area (TPSA) is 57.5 Å². The lowest BCUT2D eigenvalue weighted by Gasteiger charge is -2.22. The van der Waals surface area contributed by atoms with Crippen LogP contribution in [0.15, 0.2) is 0 Å². The summed E-state index contributed by atoms with van der Waals surface area (Å²) in [5.41, 5.74) is 5.33. The van der Waals surface area contributed by atoms with E-state index < -0.39 is 0 Å². The molecule has 0 saturated heterocycles. The van der Waals surface area contributed by atoms with Gasteiger partial charge in [-0.25, -0.2) is 0 Å². The lowest BCUT2D eigenvalue weighted by molar-refractivity contribution is 0.325. The Morgan fingerprint density at radius 2 is 1.88 bits per heavy atom. The molecule has 8 heavy (non-hydrogen) atoms. The number of hydrogen-bond acceptors (Lipinski definition) is 1. The summed E-state index contributed by atoms with van der Waals surface area (Å²) in [7, 11) is 0. The minimum Gasteiger partial charge on any atom is -0.412 e. The minimum absolute atomic E-state index is 0. The fourth-order valence-corrected chi connectivity index (χ4v) is 0.729. The van der Waals surface area contributed by atoms with Gasteiger partial charge in [-0.15, -0.1) is 12.4 Å². The monoisotopic (exact) mass is 139 g/mol. The quantitative estimate of drug-likeness (QED) is 0.560. The van der Waals surface area contributed by atoms with Crippen LogP contribution in [0.2, 0.25) is 0 Å². The van der Waals surface area contributed by atoms with E-state index in [0.717, 1.165) is 12.5 Å². The Labute approximate surface area is 56.2 Å². The van der Waals surface area contributed by atoms with Gasteiger partial charge in [0.05, 0.1) is 0 Å². The number of hydrogen-bond donors (Lipinski definition) is 1. The van der Waals surface area contributed by atoms with Crippen molar-refractivity contribution in [3.05, 3.63) is 0 Å². The smallest absolute Gasteiger partial charge is 0.00489 e. The summed E-state index contributed by atoms with van der Waals surface area (Å²) in [6.07, 6.45) is 4.19. The van der Waals surface area contributed by atoms with E-state index in [4.69, 9.17) is 5.73 Å². The highest BCUT2D eigenvalue weighted by Crippen LogP contribution is 2.24. The molecule has 1 saturated carbocycles. The number of rotatable bonds is 1. The van der Waals surface area contributed by atoms with E-state index in [1.807, 2.05) is 0 Å². The van der Waals surface area contributed by atoms with Gasteiger partial charge >= 0.3 is 0 Å². The zero-order valence-electron chi connectivity index (χ0n) is 4.89. The largest absolute Gasteiger partial charge is 0.412 e. The molecule has 1 fully saturated rings. The molecule has 0 aromatic rings. The van der Waals surface area contributed by atoms with Crippen LogP contribution in [0.25, 0.3) is 0 Å². The molecule has 0 spiro atoms. The van der Waals surface area contributed by atoms with E-state index in [-0.39, 0.29) is 17.9 Å². The summed E-state index contributed by atoms with van der Waals surface area (Å²) < 4.78 is 0. The summed E-state index contributed by atoms with van der Waals surface area (Å²) in [6.45, 7) is 0.917. The zero-order chi connectivity index (χ0) is 4.41. The minimum atomic E-state index is 0. The predicted octanol–water partition coefficient (Wildman–Crippen LogP) is 0.342. The third-order valence-electron chi connectivity index (χ3n) is 1.56. The molecule has 0 aromatic heterocycles. The molecule has 0 heterocycles. The Hall–Kier alpha value is 0.210. The molecule has 0 aliphatic heterocycles. The predicted molar refractivity (Wildman–Crippen MR) is 37.3 cm³/mol. The fourth-order valence-electron chi connectivity index (χ4n) is 0.729. The van der Waals surface area contributed by atoms with Gasteiger partial charge in [0, 0.05) is 0 Å². The highest BCUT2D eigenvalue weighted by Gasteiger charge is 2.13. The first-order valence-corrected chi connectivity index (χ1v) is 2.63. The van der Waals surface area contributed by atoms with Crippen LogP contribution < -0.4 is 5.73 Å². The summed E-state index contributed by atoms with van der Waals surface area (Å²) >= 11 is 0. The van der Waals surface area contributed by atoms with E-state index in [2.05, 4.69) is 0 Å². The van der Waals surface area contributed by atoms with Crippen molar-refractivity contribution in [2.24, 2.45) is 11.7 Å². The molecule has 2 nitrogen and oxygen atoms in total. The molecule has 52 valence electrons. The van der Waals surface area contributed by atoms with Crippen molar-refractivity contribution in [3.63, 3.8) is 0 Å². The van der Waals surface area contributed by atoms with Crippen LogP contribution in [-0.4, -0.2) is 12.0 Å². The van der Waals surface area contributed by atoms with Crippen molar-refractivity contribution in [2.75, 3.05) is 6.54 Å². The number of nitrogens with two attached hydrogens (primary N) is 1. The third kappa shape index (κ3) is 2.50. The van der Waals surface area contributed by atoms with Crippen LogP contribution in [-0.2, 0) is 0 Å². The highest BCUT2D eigenvalue weighted by atomic mass is 35.5. The maximum Gasteiger partial charge on any atom is -0.00489 e. The normalized spacial score (nSPS) is 17.6. The standard InChI is InChI=1S/C5H11N.ClH.H2O/c6-4-5-2-1-3-5;;/h5H,1-4,6H2;1H;1H2. The molecular weight excluding hydrogens is 126 g/mol. The maximum atomic E-state index is 5.33. The molecule has 1 rings (SSSR count). The molecule has 4 N–H and O–H groups in total. The lowest BCUT2D eigenvalue weighted by Crippen LogP contribution is -2.20. The molecule has 0 unspecified atom stereocenters. The van der Waals surface area contributed by atoms with Crippen molar-refractivity contribution >= 4 is 12.4 Å². The van der Waals surface area contributed by atoms with Gasteiger partial charge in [-0.1, -0.05) is 6.42 Å². The average Bonchev–Trinajstić information content (AvgIpc) is 1.31. The lowest BCUT2D eigenvalue weighted by atomic mass is 9.86. The Morgan fingerprint density at radius 1 is 1.38 bits per heavy atom. The van der Waals surface area contributed by atoms with E-state index >= 15 is 0 Å². The third-order valence-corrected chi connectivity index (χ3v) is 1.56. The Morgan fingerprint density at radius 3 is 1.88 bits per heavy atom. The molecular formula is C5H14ClNO. The van der Waals surface area contributed by atoms with E-state index in [9.17, 15) is 0 Å². The second kappa shape index (κ2) is 5.35. The maximum absolute atomic E-state index is 5.33. The highest BCUT2D eigenvalue weighted by molar-refractivity contribution is 5.85. The first kappa shape index (κ1) is 11.1. The van der Waals surface area contributed by atoms with Crippen LogP contribution >= 0.6 is 12.4 Å². The second-order valence-corrected chi connectivity index (χ2v) is 2.03. The van der Waals surface area contributed by atoms with Gasteiger partial charge in [-0.05, 0) is 25.3 Å². The van der Waals surface area contributed by atoms with Gasteiger partial charge in [0.15, 0.2) is 0 Å². The van der Waals surface area contributed by atoms with Crippen molar-refractivity contribution in [1.29, 1.82) is 0 Å². The summed E-state index contributed by atoms with van der Waals surface area (Å²) in [5.74, 6) is 0.894. The van der Waals surface area contributed by atoms with E-state index in [1.54, 1.807) is 0 Å². The molecule has 0 atom stereocenters. The van der Waals surface area contributed by atoms with Crippen molar-refractivity contribution in [1.82, 2.24) is 0 Å². The molecule has 0 amide bonds. The molecule has 3 heteroatoms. The average molecular weight is 140 g/mol. The van der Waals surface area contributed by atoms with E-state index in [1.165, 1.54) is 19.3 Å². The Balaban J connectivity index is 0. The van der Waals surface area contributed by atoms with Gasteiger partial charge in [-0.2, -0.15) is 0 Å². The second-order valence-electron chi connectivity index (χ2n) is 2.03. The summed E-state index contributed by atoms with van der Waals surface area (Å²) in [5, 5.41) is 0. The molecule has 0 aromatic carbocycles. The first-order chi connectivity index (χ1) is 2.93. The Bertz CT molecular complexity index is 44.9. The van der Waals surface area contributed by atoms with E-state index in [0.29, 0.717) is 0 Å². The number of halogens is 1. The van der Waals surface area contributed by atoms with Crippen LogP contribution in [0.1, 0.15) is 19.3 Å². The van der Waals surface area contributed by atoms with Gasteiger partial charge in [-0.3, -0.25) is 0 Å².